The summed E-state index contributed by atoms with van der Waals surface area (Å²) >= 11 is 0. The number of nitrogens with zero attached hydrogens (tertiary/aromatic N) is 3. The zero-order valence-electron chi connectivity index (χ0n) is 15.5. The molecule has 3 amide bonds. The number of benzene rings is 1. The first-order valence-electron chi connectivity index (χ1n) is 9.90. The van der Waals surface area contributed by atoms with E-state index in [4.69, 9.17) is 0 Å². The molecule has 1 saturated heterocycles. The molecule has 0 bridgehead atoms. The molecule has 2 aliphatic heterocycles. The standard InChI is InChI=1S/C21H25N3O3/c25-19-17(14-16-8-4-5-9-18(16)22-19)21(27)24-12-10-23(11-13-24)20(26)15-6-2-1-3-7-15/h4-5,8-9,14-15,17H,1-3,6-7,10-13H2. The van der Waals surface area contributed by atoms with Gasteiger partial charge in [0.1, 0.15) is 5.92 Å². The average molecular weight is 367 g/mol. The van der Waals surface area contributed by atoms with Crippen LogP contribution in [0.3, 0.4) is 0 Å². The molecule has 2 fully saturated rings. The van der Waals surface area contributed by atoms with Crippen molar-refractivity contribution in [1.82, 2.24) is 9.80 Å². The van der Waals surface area contributed by atoms with Crippen molar-refractivity contribution in [3.8, 4) is 0 Å². The topological polar surface area (TPSA) is 70.1 Å². The van der Waals surface area contributed by atoms with Crippen molar-refractivity contribution in [1.29, 1.82) is 0 Å². The Morgan fingerprint density at radius 1 is 0.889 bits per heavy atom. The minimum Gasteiger partial charge on any atom is -0.339 e. The molecule has 0 spiro atoms. The van der Waals surface area contributed by atoms with Crippen LogP contribution in [-0.2, 0) is 14.4 Å². The van der Waals surface area contributed by atoms with E-state index in [2.05, 4.69) is 4.99 Å². The Labute approximate surface area is 158 Å². The second kappa shape index (κ2) is 7.62. The van der Waals surface area contributed by atoms with Gasteiger partial charge >= 0.3 is 0 Å². The number of rotatable bonds is 2. The van der Waals surface area contributed by atoms with Gasteiger partial charge in [0.25, 0.3) is 5.91 Å². The van der Waals surface area contributed by atoms with Crippen LogP contribution in [0.25, 0.3) is 6.08 Å². The normalized spacial score (nSPS) is 23.3. The lowest BCUT2D eigenvalue weighted by molar-refractivity contribution is -0.145. The number of fused-ring (bicyclic) bond motifs is 1. The lowest BCUT2D eigenvalue weighted by Gasteiger charge is -2.37. The second-order valence-electron chi connectivity index (χ2n) is 7.64. The SMILES string of the molecule is O=C1N=c2ccccc2=CC1C(=O)N1CCN(C(=O)C2CCCCC2)CC1. The minimum atomic E-state index is -0.847. The molecular weight excluding hydrogens is 342 g/mol. The molecule has 1 aromatic rings. The highest BCUT2D eigenvalue weighted by atomic mass is 16.2. The summed E-state index contributed by atoms with van der Waals surface area (Å²) in [6, 6.07) is 7.35. The Bertz CT molecular complexity index is 865. The van der Waals surface area contributed by atoms with Gasteiger partial charge in [0.15, 0.2) is 0 Å². The molecule has 1 aliphatic carbocycles. The van der Waals surface area contributed by atoms with Crippen LogP contribution in [0.2, 0.25) is 0 Å². The second-order valence-corrected chi connectivity index (χ2v) is 7.64. The summed E-state index contributed by atoms with van der Waals surface area (Å²) in [6.45, 7) is 2.07. The van der Waals surface area contributed by atoms with E-state index in [-0.39, 0.29) is 17.7 Å². The van der Waals surface area contributed by atoms with Crippen molar-refractivity contribution in [2.75, 3.05) is 26.2 Å². The number of hydrogen-bond acceptors (Lipinski definition) is 3. The summed E-state index contributed by atoms with van der Waals surface area (Å²) in [5.74, 6) is -1.06. The van der Waals surface area contributed by atoms with E-state index in [0.717, 1.165) is 30.9 Å². The van der Waals surface area contributed by atoms with Crippen LogP contribution in [0.1, 0.15) is 32.1 Å². The highest BCUT2D eigenvalue weighted by Crippen LogP contribution is 2.26. The van der Waals surface area contributed by atoms with Crippen LogP contribution in [0.15, 0.2) is 29.3 Å². The predicted molar refractivity (Wildman–Crippen MR) is 99.9 cm³/mol. The Kier molecular flexibility index (Phi) is 5.05. The molecular formula is C21H25N3O3. The molecule has 27 heavy (non-hydrogen) atoms. The summed E-state index contributed by atoms with van der Waals surface area (Å²) in [4.78, 5) is 45.5. The molecule has 1 aromatic carbocycles. The molecule has 1 atom stereocenters. The van der Waals surface area contributed by atoms with E-state index in [1.54, 1.807) is 17.0 Å². The van der Waals surface area contributed by atoms with Crippen LogP contribution in [0, 0.1) is 11.8 Å². The van der Waals surface area contributed by atoms with Gasteiger partial charge in [0.05, 0.1) is 5.36 Å². The van der Waals surface area contributed by atoms with E-state index < -0.39 is 11.8 Å². The fourth-order valence-corrected chi connectivity index (χ4v) is 4.30. The third-order valence-electron chi connectivity index (χ3n) is 5.90. The Morgan fingerprint density at radius 2 is 1.52 bits per heavy atom. The molecule has 0 radical (unpaired) electrons. The van der Waals surface area contributed by atoms with Crippen molar-refractivity contribution >= 4 is 23.8 Å². The van der Waals surface area contributed by atoms with Gasteiger partial charge in [-0.15, -0.1) is 0 Å². The third-order valence-corrected chi connectivity index (χ3v) is 5.90. The number of piperazine rings is 1. The van der Waals surface area contributed by atoms with Crippen LogP contribution in [0.5, 0.6) is 0 Å². The van der Waals surface area contributed by atoms with Crippen molar-refractivity contribution in [3.05, 3.63) is 34.8 Å². The van der Waals surface area contributed by atoms with Gasteiger partial charge in [0, 0.05) is 32.1 Å². The molecule has 0 aromatic heterocycles. The van der Waals surface area contributed by atoms with Gasteiger partial charge in [-0.2, -0.15) is 0 Å². The van der Waals surface area contributed by atoms with Gasteiger partial charge < -0.3 is 9.80 Å². The molecule has 0 N–H and O–H groups in total. The number of hydrogen-bond donors (Lipinski definition) is 0. The lowest BCUT2D eigenvalue weighted by atomic mass is 9.88. The smallest absolute Gasteiger partial charge is 0.262 e. The van der Waals surface area contributed by atoms with E-state index in [0.29, 0.717) is 31.5 Å². The van der Waals surface area contributed by atoms with Crippen LogP contribution in [-0.4, -0.2) is 53.7 Å². The van der Waals surface area contributed by atoms with Crippen LogP contribution < -0.4 is 10.6 Å². The molecule has 1 unspecified atom stereocenters. The number of para-hydroxylation sites is 1. The first-order chi connectivity index (χ1) is 13.1. The Hall–Kier alpha value is -2.50. The highest BCUT2D eigenvalue weighted by Gasteiger charge is 2.34. The fraction of sp³-hybridized carbons (Fsp3) is 0.524. The van der Waals surface area contributed by atoms with Gasteiger partial charge in [-0.25, -0.2) is 4.99 Å². The van der Waals surface area contributed by atoms with Crippen molar-refractivity contribution in [2.24, 2.45) is 16.8 Å². The summed E-state index contributed by atoms with van der Waals surface area (Å²) in [7, 11) is 0. The van der Waals surface area contributed by atoms with Crippen LogP contribution in [0.4, 0.5) is 0 Å². The zero-order chi connectivity index (χ0) is 18.8. The van der Waals surface area contributed by atoms with Gasteiger partial charge in [-0.3, -0.25) is 14.4 Å². The zero-order valence-corrected chi connectivity index (χ0v) is 15.5. The Balaban J connectivity index is 1.39. The minimum absolute atomic E-state index is 0.157. The largest absolute Gasteiger partial charge is 0.339 e. The van der Waals surface area contributed by atoms with E-state index in [1.165, 1.54) is 6.42 Å². The molecule has 6 heteroatoms. The summed E-state index contributed by atoms with van der Waals surface area (Å²) in [6.07, 6.45) is 7.20. The molecule has 142 valence electrons. The molecule has 1 saturated carbocycles. The average Bonchev–Trinajstić information content (AvgIpc) is 2.73. The van der Waals surface area contributed by atoms with E-state index in [9.17, 15) is 14.4 Å². The van der Waals surface area contributed by atoms with Gasteiger partial charge in [0.2, 0.25) is 11.8 Å². The monoisotopic (exact) mass is 367 g/mol. The fourth-order valence-electron chi connectivity index (χ4n) is 4.30. The van der Waals surface area contributed by atoms with Crippen molar-refractivity contribution in [2.45, 2.75) is 32.1 Å². The molecule has 6 nitrogen and oxygen atoms in total. The lowest BCUT2D eigenvalue weighted by Crippen LogP contribution is -2.54. The predicted octanol–water partition coefficient (Wildman–Crippen LogP) is 0.494. The van der Waals surface area contributed by atoms with Crippen LogP contribution >= 0.6 is 0 Å². The Morgan fingerprint density at radius 3 is 2.22 bits per heavy atom. The summed E-state index contributed by atoms with van der Waals surface area (Å²) in [5.41, 5.74) is 0. The highest BCUT2D eigenvalue weighted by molar-refractivity contribution is 6.06. The maximum atomic E-state index is 12.9. The first kappa shape index (κ1) is 17.9. The van der Waals surface area contributed by atoms with Crippen molar-refractivity contribution in [3.63, 3.8) is 0 Å². The van der Waals surface area contributed by atoms with Crippen molar-refractivity contribution < 1.29 is 14.4 Å². The number of amides is 3. The van der Waals surface area contributed by atoms with Gasteiger partial charge in [-0.05, 0) is 24.1 Å². The molecule has 3 aliphatic rings. The van der Waals surface area contributed by atoms with E-state index >= 15 is 0 Å². The first-order valence-corrected chi connectivity index (χ1v) is 9.90. The van der Waals surface area contributed by atoms with Gasteiger partial charge in [-0.1, -0.05) is 43.5 Å². The maximum absolute atomic E-state index is 12.9. The number of carbonyl (C=O) groups is 3. The quantitative estimate of drug-likeness (QED) is 0.715. The third kappa shape index (κ3) is 3.66. The molecule has 2 heterocycles. The number of carbonyl (C=O) groups excluding carboxylic acids is 3. The maximum Gasteiger partial charge on any atom is 0.262 e. The van der Waals surface area contributed by atoms with E-state index in [1.807, 2.05) is 23.1 Å². The summed E-state index contributed by atoms with van der Waals surface area (Å²) in [5, 5.41) is 1.44. The molecule has 4 rings (SSSR count). The summed E-state index contributed by atoms with van der Waals surface area (Å²) < 4.78 is 0.